The molecule has 0 radical (unpaired) electrons. The van der Waals surface area contributed by atoms with Crippen molar-refractivity contribution in [1.82, 2.24) is 9.97 Å². The molecule has 1 aromatic rings. The zero-order chi connectivity index (χ0) is 12.1. The molecule has 86 valence electrons. The first-order valence-electron chi connectivity index (χ1n) is 5.22. The third-order valence-electron chi connectivity index (χ3n) is 1.94. The number of hydrogen-bond donors (Lipinski definition) is 2. The Morgan fingerprint density at radius 2 is 1.62 bits per heavy atom. The second-order valence-electron chi connectivity index (χ2n) is 3.84. The van der Waals surface area contributed by atoms with Crippen molar-refractivity contribution in [3.8, 4) is 0 Å². The summed E-state index contributed by atoms with van der Waals surface area (Å²) in [7, 11) is 0. The van der Waals surface area contributed by atoms with Crippen LogP contribution in [0.4, 0.5) is 0 Å². The van der Waals surface area contributed by atoms with Gasteiger partial charge in [0.2, 0.25) is 0 Å². The van der Waals surface area contributed by atoms with Crippen molar-refractivity contribution < 1.29 is 0 Å². The second kappa shape index (κ2) is 5.30. The van der Waals surface area contributed by atoms with Crippen molar-refractivity contribution in [3.63, 3.8) is 0 Å². The molecular weight excluding hydrogens is 204 g/mol. The molecule has 0 amide bonds. The molecule has 0 saturated heterocycles. The van der Waals surface area contributed by atoms with E-state index in [1.165, 1.54) is 0 Å². The van der Waals surface area contributed by atoms with E-state index >= 15 is 0 Å². The van der Waals surface area contributed by atoms with Crippen molar-refractivity contribution >= 4 is 12.2 Å². The number of allylic oxidation sites excluding steroid dienone is 2. The van der Waals surface area contributed by atoms with Crippen molar-refractivity contribution in [2.45, 2.75) is 20.8 Å². The number of nitrogens with one attached hydrogen (secondary N) is 2. The Labute approximate surface area is 93.0 Å². The molecule has 0 aliphatic carbocycles. The lowest BCUT2D eigenvalue weighted by molar-refractivity contribution is 0.866. The van der Waals surface area contributed by atoms with Gasteiger partial charge in [-0.15, -0.1) is 0 Å². The minimum Gasteiger partial charge on any atom is -0.316 e. The van der Waals surface area contributed by atoms with Gasteiger partial charge in [-0.25, -0.2) is 0 Å². The molecule has 4 nitrogen and oxygen atoms in total. The largest absolute Gasteiger partial charge is 0.316 e. The molecule has 0 unspecified atom stereocenters. The summed E-state index contributed by atoms with van der Waals surface area (Å²) in [6.45, 7) is 5.72. The monoisotopic (exact) mass is 220 g/mol. The summed E-state index contributed by atoms with van der Waals surface area (Å²) in [5, 5.41) is 0.585. The fourth-order valence-corrected chi connectivity index (χ4v) is 1.25. The highest BCUT2D eigenvalue weighted by Crippen LogP contribution is 1.89. The summed E-state index contributed by atoms with van der Waals surface area (Å²) in [6, 6.07) is 0. The maximum absolute atomic E-state index is 11.6. The lowest BCUT2D eigenvalue weighted by Gasteiger charge is -1.93. The van der Waals surface area contributed by atoms with Crippen molar-refractivity contribution in [3.05, 3.63) is 43.6 Å². The second-order valence-corrected chi connectivity index (χ2v) is 3.84. The average Bonchev–Trinajstić information content (AvgIpc) is 2.20. The first-order chi connectivity index (χ1) is 7.54. The Morgan fingerprint density at radius 3 is 2.19 bits per heavy atom. The van der Waals surface area contributed by atoms with Crippen LogP contribution < -0.4 is 21.8 Å². The fourth-order valence-electron chi connectivity index (χ4n) is 1.25. The summed E-state index contributed by atoms with van der Waals surface area (Å²) < 4.78 is 0. The molecule has 0 fully saturated rings. The van der Waals surface area contributed by atoms with Crippen LogP contribution in [0, 0.1) is 5.92 Å². The Balaban J connectivity index is 3.52. The molecule has 0 saturated carbocycles. The zero-order valence-electron chi connectivity index (χ0n) is 9.70. The van der Waals surface area contributed by atoms with E-state index < -0.39 is 0 Å². The highest BCUT2D eigenvalue weighted by Gasteiger charge is 1.95. The summed E-state index contributed by atoms with van der Waals surface area (Å²) in [5.74, 6) is 0.210. The Kier molecular flexibility index (Phi) is 4.05. The van der Waals surface area contributed by atoms with Crippen molar-refractivity contribution in [1.29, 1.82) is 0 Å². The van der Waals surface area contributed by atoms with Crippen LogP contribution in [0.5, 0.6) is 0 Å². The molecule has 0 aliphatic rings. The van der Waals surface area contributed by atoms with Crippen LogP contribution in [0.3, 0.4) is 0 Å². The zero-order valence-corrected chi connectivity index (χ0v) is 9.70. The van der Waals surface area contributed by atoms with Crippen LogP contribution in [0.15, 0.2) is 21.7 Å². The van der Waals surface area contributed by atoms with Crippen LogP contribution >= 0.6 is 0 Å². The predicted molar refractivity (Wildman–Crippen MR) is 65.5 cm³/mol. The molecule has 0 aliphatic heterocycles. The minimum atomic E-state index is -0.287. The summed E-state index contributed by atoms with van der Waals surface area (Å²) >= 11 is 0. The van der Waals surface area contributed by atoms with Gasteiger partial charge in [0.25, 0.3) is 11.1 Å². The highest BCUT2D eigenvalue weighted by molar-refractivity contribution is 5.33. The molecule has 0 bridgehead atoms. The molecule has 1 heterocycles. The standard InChI is InChI=1S/C12H16N2O2/c1-4-5-6-9-11(15)14-10(7-8(2)3)12(16)13-9/h4-8H,1-3H3,(H,13,16)(H,14,15)/b5-4+,9-6-,10-7-. The predicted octanol–water partition coefficient (Wildman–Crippen LogP) is -0.144. The van der Waals surface area contributed by atoms with E-state index in [-0.39, 0.29) is 22.4 Å². The van der Waals surface area contributed by atoms with Crippen molar-refractivity contribution in [2.75, 3.05) is 0 Å². The maximum atomic E-state index is 11.6. The van der Waals surface area contributed by atoms with E-state index in [4.69, 9.17) is 0 Å². The van der Waals surface area contributed by atoms with E-state index in [1.54, 1.807) is 24.3 Å². The molecular formula is C12H16N2O2. The highest BCUT2D eigenvalue weighted by atomic mass is 16.1. The van der Waals surface area contributed by atoms with Gasteiger partial charge in [-0.2, -0.15) is 0 Å². The Hall–Kier alpha value is -1.84. The number of hydrogen-bond acceptors (Lipinski definition) is 2. The Bertz CT molecular complexity index is 603. The molecule has 1 aromatic heterocycles. The van der Waals surface area contributed by atoms with Gasteiger partial charge >= 0.3 is 0 Å². The van der Waals surface area contributed by atoms with Crippen LogP contribution in [0.2, 0.25) is 0 Å². The van der Waals surface area contributed by atoms with Gasteiger partial charge in [0.1, 0.15) is 10.7 Å². The summed E-state index contributed by atoms with van der Waals surface area (Å²) in [5.41, 5.74) is -0.561. The number of aromatic amines is 2. The third-order valence-corrected chi connectivity index (χ3v) is 1.94. The minimum absolute atomic E-state index is 0.210. The topological polar surface area (TPSA) is 65.7 Å². The first kappa shape index (κ1) is 12.2. The first-order valence-corrected chi connectivity index (χ1v) is 5.22. The number of rotatable bonds is 2. The van der Waals surface area contributed by atoms with Gasteiger partial charge in [0.05, 0.1) is 0 Å². The maximum Gasteiger partial charge on any atom is 0.272 e. The smallest absolute Gasteiger partial charge is 0.272 e. The summed E-state index contributed by atoms with van der Waals surface area (Å²) in [6.07, 6.45) is 6.78. The van der Waals surface area contributed by atoms with Gasteiger partial charge in [-0.05, 0) is 18.9 Å². The molecule has 0 spiro atoms. The molecule has 2 N–H and O–H groups in total. The lowest BCUT2D eigenvalue weighted by Crippen LogP contribution is -2.46. The normalized spacial score (nSPS) is 14.2. The quantitative estimate of drug-likeness (QED) is 0.728. The van der Waals surface area contributed by atoms with E-state index in [9.17, 15) is 9.59 Å². The van der Waals surface area contributed by atoms with E-state index in [2.05, 4.69) is 9.97 Å². The van der Waals surface area contributed by atoms with Gasteiger partial charge in [0, 0.05) is 0 Å². The van der Waals surface area contributed by atoms with E-state index in [0.29, 0.717) is 5.35 Å². The molecule has 0 atom stereocenters. The number of aromatic nitrogens is 2. The van der Waals surface area contributed by atoms with Crippen molar-refractivity contribution in [2.24, 2.45) is 5.92 Å². The molecule has 1 rings (SSSR count). The number of H-pyrrole nitrogens is 2. The van der Waals surface area contributed by atoms with Crippen LogP contribution in [0.1, 0.15) is 20.8 Å². The van der Waals surface area contributed by atoms with Gasteiger partial charge in [0.15, 0.2) is 0 Å². The van der Waals surface area contributed by atoms with E-state index in [1.807, 2.05) is 20.8 Å². The molecule has 16 heavy (non-hydrogen) atoms. The van der Waals surface area contributed by atoms with Crippen LogP contribution in [0.25, 0.3) is 12.2 Å². The average molecular weight is 220 g/mol. The SMILES string of the molecule is C/C=C/C=c1\[nH]c(=O)/c(=C/C(C)C)[nH]c1=O. The Morgan fingerprint density at radius 1 is 1.06 bits per heavy atom. The fraction of sp³-hybridized carbons (Fsp3) is 0.333. The van der Waals surface area contributed by atoms with Gasteiger partial charge in [-0.1, -0.05) is 32.1 Å². The summed E-state index contributed by atoms with van der Waals surface area (Å²) in [4.78, 5) is 28.3. The van der Waals surface area contributed by atoms with Crippen LogP contribution in [-0.4, -0.2) is 9.97 Å². The molecule has 0 aromatic carbocycles. The third kappa shape index (κ3) is 3.08. The van der Waals surface area contributed by atoms with Gasteiger partial charge < -0.3 is 9.97 Å². The van der Waals surface area contributed by atoms with Crippen LogP contribution in [-0.2, 0) is 0 Å². The van der Waals surface area contributed by atoms with Gasteiger partial charge in [-0.3, -0.25) is 9.59 Å². The van der Waals surface area contributed by atoms with E-state index in [0.717, 1.165) is 0 Å². The molecule has 4 heteroatoms. The lowest BCUT2D eigenvalue weighted by atomic mass is 10.2.